The molecule has 1 aliphatic carbocycles. The summed E-state index contributed by atoms with van der Waals surface area (Å²) in [5, 5.41) is 0. The summed E-state index contributed by atoms with van der Waals surface area (Å²) in [4.78, 5) is 13.9. The SMILES string of the molecule is CCOc1ccccc1C1CC1N=C=O. The van der Waals surface area contributed by atoms with Gasteiger partial charge < -0.3 is 4.74 Å². The highest BCUT2D eigenvalue weighted by atomic mass is 16.5. The van der Waals surface area contributed by atoms with Crippen LogP contribution in [0.1, 0.15) is 24.8 Å². The van der Waals surface area contributed by atoms with Crippen LogP contribution in [0.15, 0.2) is 29.3 Å². The third-order valence-corrected chi connectivity index (χ3v) is 2.59. The van der Waals surface area contributed by atoms with Crippen LogP contribution in [-0.4, -0.2) is 18.7 Å². The summed E-state index contributed by atoms with van der Waals surface area (Å²) in [6.45, 7) is 2.62. The molecule has 3 nitrogen and oxygen atoms in total. The van der Waals surface area contributed by atoms with Gasteiger partial charge in [0.25, 0.3) is 0 Å². The fourth-order valence-electron chi connectivity index (χ4n) is 1.80. The molecule has 3 heteroatoms. The van der Waals surface area contributed by atoms with Crippen molar-refractivity contribution in [2.75, 3.05) is 6.61 Å². The zero-order chi connectivity index (χ0) is 10.7. The van der Waals surface area contributed by atoms with Crippen LogP contribution >= 0.6 is 0 Å². The largest absolute Gasteiger partial charge is 0.494 e. The molecule has 0 aliphatic heterocycles. The molecule has 1 fully saturated rings. The van der Waals surface area contributed by atoms with E-state index in [1.807, 2.05) is 31.2 Å². The van der Waals surface area contributed by atoms with Gasteiger partial charge in [0.15, 0.2) is 0 Å². The second-order valence-electron chi connectivity index (χ2n) is 3.60. The van der Waals surface area contributed by atoms with E-state index < -0.39 is 0 Å². The predicted molar refractivity (Wildman–Crippen MR) is 56.9 cm³/mol. The van der Waals surface area contributed by atoms with Gasteiger partial charge in [0, 0.05) is 5.92 Å². The smallest absolute Gasteiger partial charge is 0.235 e. The van der Waals surface area contributed by atoms with E-state index in [1.165, 1.54) is 0 Å². The first-order valence-corrected chi connectivity index (χ1v) is 5.15. The molecule has 2 atom stereocenters. The number of hydrogen-bond acceptors (Lipinski definition) is 3. The van der Waals surface area contributed by atoms with Crippen molar-refractivity contribution >= 4 is 6.08 Å². The van der Waals surface area contributed by atoms with Crippen molar-refractivity contribution in [3.8, 4) is 5.75 Å². The molecule has 0 aromatic heterocycles. The van der Waals surface area contributed by atoms with Gasteiger partial charge in [-0.1, -0.05) is 18.2 Å². The Labute approximate surface area is 88.8 Å². The Balaban J connectivity index is 2.18. The summed E-state index contributed by atoms with van der Waals surface area (Å²) >= 11 is 0. The quantitative estimate of drug-likeness (QED) is 0.556. The number of benzene rings is 1. The van der Waals surface area contributed by atoms with Gasteiger partial charge in [-0.25, -0.2) is 9.79 Å². The van der Waals surface area contributed by atoms with Crippen LogP contribution < -0.4 is 4.74 Å². The third kappa shape index (κ3) is 2.08. The Morgan fingerprint density at radius 1 is 1.53 bits per heavy atom. The summed E-state index contributed by atoms with van der Waals surface area (Å²) in [5.41, 5.74) is 1.16. The molecule has 2 unspecified atom stereocenters. The maximum Gasteiger partial charge on any atom is 0.235 e. The van der Waals surface area contributed by atoms with Gasteiger partial charge in [-0.15, -0.1) is 0 Å². The van der Waals surface area contributed by atoms with Gasteiger partial charge in [-0.05, 0) is 25.0 Å². The first-order chi connectivity index (χ1) is 7.36. The van der Waals surface area contributed by atoms with Crippen LogP contribution in [0, 0.1) is 0 Å². The number of hydrogen-bond donors (Lipinski definition) is 0. The molecule has 0 radical (unpaired) electrons. The molecule has 1 saturated carbocycles. The molecule has 1 aromatic carbocycles. The van der Waals surface area contributed by atoms with Gasteiger partial charge in [-0.2, -0.15) is 0 Å². The van der Waals surface area contributed by atoms with Gasteiger partial charge in [0.05, 0.1) is 12.6 Å². The average molecular weight is 203 g/mol. The maximum absolute atomic E-state index is 10.1. The number of aliphatic imine (C=N–C) groups is 1. The Kier molecular flexibility index (Phi) is 2.84. The lowest BCUT2D eigenvalue weighted by Gasteiger charge is -2.08. The minimum atomic E-state index is 0.115. The van der Waals surface area contributed by atoms with E-state index in [1.54, 1.807) is 6.08 Å². The number of rotatable bonds is 4. The fourth-order valence-corrected chi connectivity index (χ4v) is 1.80. The van der Waals surface area contributed by atoms with Crippen molar-refractivity contribution in [1.82, 2.24) is 0 Å². The van der Waals surface area contributed by atoms with Crippen molar-refractivity contribution in [3.63, 3.8) is 0 Å². The molecule has 0 spiro atoms. The molecule has 0 saturated heterocycles. The predicted octanol–water partition coefficient (Wildman–Crippen LogP) is 2.28. The molecule has 0 heterocycles. The van der Waals surface area contributed by atoms with Crippen molar-refractivity contribution in [2.45, 2.75) is 25.3 Å². The van der Waals surface area contributed by atoms with Crippen molar-refractivity contribution in [1.29, 1.82) is 0 Å². The van der Waals surface area contributed by atoms with Gasteiger partial charge >= 0.3 is 0 Å². The van der Waals surface area contributed by atoms with Crippen LogP contribution in [0.25, 0.3) is 0 Å². The molecule has 0 N–H and O–H groups in total. The van der Waals surface area contributed by atoms with Gasteiger partial charge in [0.2, 0.25) is 6.08 Å². The summed E-state index contributed by atoms with van der Waals surface area (Å²) in [6, 6.07) is 8.05. The maximum atomic E-state index is 10.1. The molecule has 0 bridgehead atoms. The molecule has 2 rings (SSSR count). The highest BCUT2D eigenvalue weighted by Gasteiger charge is 2.40. The highest BCUT2D eigenvalue weighted by molar-refractivity contribution is 5.43. The third-order valence-electron chi connectivity index (χ3n) is 2.59. The van der Waals surface area contributed by atoms with Crippen molar-refractivity contribution in [2.24, 2.45) is 4.99 Å². The Morgan fingerprint density at radius 2 is 2.33 bits per heavy atom. The van der Waals surface area contributed by atoms with Crippen LogP contribution in [0.4, 0.5) is 0 Å². The van der Waals surface area contributed by atoms with E-state index in [0.29, 0.717) is 12.5 Å². The van der Waals surface area contributed by atoms with Crippen LogP contribution in [0.5, 0.6) is 5.75 Å². The standard InChI is InChI=1S/C12H13NO2/c1-2-15-12-6-4-3-5-9(12)10-7-11(10)13-8-14/h3-6,10-11H,2,7H2,1H3. The van der Waals surface area contributed by atoms with Gasteiger partial charge in [-0.3, -0.25) is 0 Å². The van der Waals surface area contributed by atoms with Crippen molar-refractivity contribution < 1.29 is 9.53 Å². The number of isocyanates is 1. The molecule has 78 valence electrons. The second kappa shape index (κ2) is 4.28. The van der Waals surface area contributed by atoms with E-state index in [-0.39, 0.29) is 6.04 Å². The average Bonchev–Trinajstić information content (AvgIpc) is 2.99. The van der Waals surface area contributed by atoms with E-state index in [0.717, 1.165) is 17.7 Å². The fraction of sp³-hybridized carbons (Fsp3) is 0.417. The van der Waals surface area contributed by atoms with E-state index >= 15 is 0 Å². The first kappa shape index (κ1) is 9.94. The van der Waals surface area contributed by atoms with Crippen LogP contribution in [-0.2, 0) is 4.79 Å². The zero-order valence-corrected chi connectivity index (χ0v) is 8.64. The lowest BCUT2D eigenvalue weighted by Crippen LogP contribution is -1.96. The topological polar surface area (TPSA) is 38.7 Å². The molecular formula is C12H13NO2. The number of para-hydroxylation sites is 1. The molecule has 15 heavy (non-hydrogen) atoms. The monoisotopic (exact) mass is 203 g/mol. The summed E-state index contributed by atoms with van der Waals surface area (Å²) < 4.78 is 5.52. The Morgan fingerprint density at radius 3 is 3.07 bits per heavy atom. The minimum Gasteiger partial charge on any atom is -0.494 e. The highest BCUT2D eigenvalue weighted by Crippen LogP contribution is 2.46. The van der Waals surface area contributed by atoms with E-state index in [4.69, 9.17) is 4.74 Å². The Hall–Kier alpha value is -1.60. The lowest BCUT2D eigenvalue weighted by atomic mass is 10.1. The zero-order valence-electron chi connectivity index (χ0n) is 8.64. The van der Waals surface area contributed by atoms with Crippen LogP contribution in [0.3, 0.4) is 0 Å². The summed E-state index contributed by atoms with van der Waals surface area (Å²) in [7, 11) is 0. The van der Waals surface area contributed by atoms with Gasteiger partial charge in [0.1, 0.15) is 5.75 Å². The minimum absolute atomic E-state index is 0.115. The summed E-state index contributed by atoms with van der Waals surface area (Å²) in [6.07, 6.45) is 2.54. The lowest BCUT2D eigenvalue weighted by molar-refractivity contribution is 0.336. The second-order valence-corrected chi connectivity index (χ2v) is 3.60. The summed E-state index contributed by atoms with van der Waals surface area (Å²) in [5.74, 6) is 1.25. The molecular weight excluding hydrogens is 190 g/mol. The molecule has 1 aliphatic rings. The van der Waals surface area contributed by atoms with Crippen LogP contribution in [0.2, 0.25) is 0 Å². The molecule has 0 amide bonds. The van der Waals surface area contributed by atoms with Crippen molar-refractivity contribution in [3.05, 3.63) is 29.8 Å². The normalized spacial score (nSPS) is 23.0. The molecule has 1 aromatic rings. The number of carbonyl (C=O) groups excluding carboxylic acids is 1. The first-order valence-electron chi connectivity index (χ1n) is 5.15. The van der Waals surface area contributed by atoms with E-state index in [9.17, 15) is 4.79 Å². The number of ether oxygens (including phenoxy) is 1. The van der Waals surface area contributed by atoms with E-state index in [2.05, 4.69) is 4.99 Å². The number of nitrogens with zero attached hydrogens (tertiary/aromatic N) is 1. The Bertz CT molecular complexity index is 396.